The second kappa shape index (κ2) is 10.6. The highest BCUT2D eigenvalue weighted by molar-refractivity contribution is 6.38. The smallest absolute Gasteiger partial charge is 0.0626 e. The first-order valence-electron chi connectivity index (χ1n) is 17.0. The summed E-state index contributed by atoms with van der Waals surface area (Å²) in [5, 5.41) is 13.0. The normalized spacial score (nSPS) is 14.9. The van der Waals surface area contributed by atoms with E-state index in [0.29, 0.717) is 5.92 Å². The van der Waals surface area contributed by atoms with Crippen molar-refractivity contribution in [2.45, 2.75) is 13.3 Å². The Labute approximate surface area is 279 Å². The van der Waals surface area contributed by atoms with E-state index in [1.165, 1.54) is 92.8 Å². The summed E-state index contributed by atoms with van der Waals surface area (Å²) >= 11 is 0. The summed E-state index contributed by atoms with van der Waals surface area (Å²) in [7, 11) is 0. The van der Waals surface area contributed by atoms with Gasteiger partial charge in [-0.3, -0.25) is 0 Å². The molecule has 1 atom stereocenters. The summed E-state index contributed by atoms with van der Waals surface area (Å²) in [5.41, 5.74) is 8.78. The molecule has 0 saturated heterocycles. The first kappa shape index (κ1) is 27.2. The van der Waals surface area contributed by atoms with Gasteiger partial charge in [0.05, 0.1) is 11.0 Å². The number of hydrogen-bond acceptors (Lipinski definition) is 0. The van der Waals surface area contributed by atoms with Crippen LogP contribution in [0.5, 0.6) is 0 Å². The Bertz CT molecular complexity index is 2810. The van der Waals surface area contributed by atoms with Crippen LogP contribution in [0.4, 0.5) is 0 Å². The van der Waals surface area contributed by atoms with Gasteiger partial charge >= 0.3 is 0 Å². The van der Waals surface area contributed by atoms with Crippen molar-refractivity contribution in [3.8, 4) is 22.3 Å². The number of aromatic nitrogens is 1. The Kier molecular flexibility index (Phi) is 5.98. The fraction of sp³-hybridized carbons (Fsp3) is 0.0638. The second-order valence-electron chi connectivity index (χ2n) is 13.4. The molecule has 1 unspecified atom stereocenters. The lowest BCUT2D eigenvalue weighted by atomic mass is 9.88. The van der Waals surface area contributed by atoms with Crippen molar-refractivity contribution in [3.05, 3.63) is 164 Å². The SMILES string of the molecule is CC1C=CC(n2c3ccccc3c3c4c5ccccc5c(-c5ccc(-c6ccc7ccccc7c6)cc5)cc4c4ccccc4c32)=CC1. The molecule has 1 heterocycles. The van der Waals surface area contributed by atoms with E-state index in [1.54, 1.807) is 0 Å². The molecule has 10 rings (SSSR count). The fourth-order valence-corrected chi connectivity index (χ4v) is 8.13. The van der Waals surface area contributed by atoms with Crippen LogP contribution in [0, 0.1) is 5.92 Å². The molecule has 0 spiro atoms. The maximum absolute atomic E-state index is 2.52. The Hall–Kier alpha value is -5.92. The molecule has 1 aliphatic rings. The summed E-state index contributed by atoms with van der Waals surface area (Å²) in [6, 6.07) is 53.9. The van der Waals surface area contributed by atoms with Crippen LogP contribution < -0.4 is 0 Å². The van der Waals surface area contributed by atoms with Gasteiger partial charge in [0.25, 0.3) is 0 Å². The van der Waals surface area contributed by atoms with Gasteiger partial charge < -0.3 is 4.57 Å². The van der Waals surface area contributed by atoms with Gasteiger partial charge in [-0.05, 0) is 91.2 Å². The number of hydrogen-bond donors (Lipinski definition) is 0. The Morgan fingerprint density at radius 1 is 0.500 bits per heavy atom. The second-order valence-corrected chi connectivity index (χ2v) is 13.4. The summed E-state index contributed by atoms with van der Waals surface area (Å²) in [6.45, 7) is 2.29. The van der Waals surface area contributed by atoms with Crippen LogP contribution in [0.2, 0.25) is 0 Å². The quantitative estimate of drug-likeness (QED) is 0.175. The zero-order chi connectivity index (χ0) is 31.8. The fourth-order valence-electron chi connectivity index (χ4n) is 8.13. The molecule has 1 heteroatoms. The van der Waals surface area contributed by atoms with Gasteiger partial charge in [-0.25, -0.2) is 0 Å². The van der Waals surface area contributed by atoms with Crippen LogP contribution in [0.1, 0.15) is 13.3 Å². The van der Waals surface area contributed by atoms with Gasteiger partial charge in [-0.15, -0.1) is 0 Å². The number of benzene rings is 8. The van der Waals surface area contributed by atoms with E-state index in [1.807, 2.05) is 0 Å². The lowest BCUT2D eigenvalue weighted by Gasteiger charge is -2.18. The molecule has 48 heavy (non-hydrogen) atoms. The van der Waals surface area contributed by atoms with Crippen molar-refractivity contribution in [1.82, 2.24) is 4.57 Å². The lowest BCUT2D eigenvalue weighted by molar-refractivity contribution is 0.735. The van der Waals surface area contributed by atoms with Crippen molar-refractivity contribution >= 4 is 70.6 Å². The first-order valence-corrected chi connectivity index (χ1v) is 17.0. The molecule has 226 valence electrons. The molecule has 0 radical (unpaired) electrons. The Morgan fingerprint density at radius 3 is 1.94 bits per heavy atom. The number of nitrogens with zero attached hydrogens (tertiary/aromatic N) is 1. The highest BCUT2D eigenvalue weighted by Gasteiger charge is 2.22. The molecule has 0 saturated carbocycles. The number of rotatable bonds is 3. The highest BCUT2D eigenvalue weighted by Crippen LogP contribution is 2.47. The number of para-hydroxylation sites is 1. The molecule has 8 aromatic carbocycles. The molecule has 0 N–H and O–H groups in total. The lowest BCUT2D eigenvalue weighted by Crippen LogP contribution is -2.01. The predicted octanol–water partition coefficient (Wildman–Crippen LogP) is 13.2. The van der Waals surface area contributed by atoms with E-state index in [-0.39, 0.29) is 0 Å². The van der Waals surface area contributed by atoms with Crippen LogP contribution in [-0.4, -0.2) is 4.57 Å². The summed E-state index contributed by atoms with van der Waals surface area (Å²) in [6.07, 6.45) is 8.14. The van der Waals surface area contributed by atoms with E-state index in [2.05, 4.69) is 175 Å². The molecule has 1 aromatic heterocycles. The molecule has 0 bridgehead atoms. The topological polar surface area (TPSA) is 4.93 Å². The monoisotopic (exact) mass is 611 g/mol. The van der Waals surface area contributed by atoms with Crippen molar-refractivity contribution in [1.29, 1.82) is 0 Å². The average Bonchev–Trinajstić information content (AvgIpc) is 3.50. The number of fused-ring (bicyclic) bond motifs is 11. The summed E-state index contributed by atoms with van der Waals surface area (Å²) in [5.74, 6) is 0.559. The molecule has 0 amide bonds. The first-order chi connectivity index (χ1) is 23.7. The van der Waals surface area contributed by atoms with Crippen LogP contribution in [0.15, 0.2) is 164 Å². The van der Waals surface area contributed by atoms with Crippen LogP contribution in [0.25, 0.3) is 92.8 Å². The summed E-state index contributed by atoms with van der Waals surface area (Å²) < 4.78 is 2.52. The minimum absolute atomic E-state index is 0.559. The van der Waals surface area contributed by atoms with Crippen LogP contribution in [0.3, 0.4) is 0 Å². The standard InChI is InChI=1S/C47H33N/c1-30-18-26-36(27-19-30)48-44-17-9-8-16-41(44)46-45-39-14-6-4-12-37(39)42(29-43(45)38-13-5-7-15-40(38)47(46)48)33-23-20-32(21-24-33)35-25-22-31-10-2-3-11-34(31)28-35/h2-18,20-30H,19H2,1H3. The van der Waals surface area contributed by atoms with E-state index in [4.69, 9.17) is 0 Å². The highest BCUT2D eigenvalue weighted by atomic mass is 15.0. The average molecular weight is 612 g/mol. The zero-order valence-corrected chi connectivity index (χ0v) is 26.8. The minimum atomic E-state index is 0.559. The van der Waals surface area contributed by atoms with E-state index in [9.17, 15) is 0 Å². The molecule has 1 aliphatic carbocycles. The van der Waals surface area contributed by atoms with Gasteiger partial charge in [0.1, 0.15) is 0 Å². The minimum Gasteiger partial charge on any atom is -0.309 e. The largest absolute Gasteiger partial charge is 0.309 e. The van der Waals surface area contributed by atoms with Crippen molar-refractivity contribution in [2.75, 3.05) is 0 Å². The van der Waals surface area contributed by atoms with E-state index in [0.717, 1.165) is 6.42 Å². The van der Waals surface area contributed by atoms with Gasteiger partial charge in [0, 0.05) is 27.2 Å². The van der Waals surface area contributed by atoms with E-state index < -0.39 is 0 Å². The molecule has 0 fully saturated rings. The van der Waals surface area contributed by atoms with Crippen molar-refractivity contribution in [3.63, 3.8) is 0 Å². The molecular weight excluding hydrogens is 579 g/mol. The van der Waals surface area contributed by atoms with Crippen LogP contribution >= 0.6 is 0 Å². The third kappa shape index (κ3) is 4.04. The molecule has 1 nitrogen and oxygen atoms in total. The summed E-state index contributed by atoms with van der Waals surface area (Å²) in [4.78, 5) is 0. The maximum Gasteiger partial charge on any atom is 0.0626 e. The zero-order valence-electron chi connectivity index (χ0n) is 26.8. The third-order valence-corrected chi connectivity index (χ3v) is 10.5. The van der Waals surface area contributed by atoms with Crippen LogP contribution in [-0.2, 0) is 0 Å². The van der Waals surface area contributed by atoms with E-state index >= 15 is 0 Å². The van der Waals surface area contributed by atoms with Gasteiger partial charge in [-0.2, -0.15) is 0 Å². The van der Waals surface area contributed by atoms with Gasteiger partial charge in [0.2, 0.25) is 0 Å². The Balaban J connectivity index is 1.27. The predicted molar refractivity (Wildman–Crippen MR) is 208 cm³/mol. The molecule has 0 aliphatic heterocycles. The van der Waals surface area contributed by atoms with Gasteiger partial charge in [0.15, 0.2) is 0 Å². The maximum atomic E-state index is 2.52. The molecule has 9 aromatic rings. The van der Waals surface area contributed by atoms with Crippen molar-refractivity contribution in [2.24, 2.45) is 5.92 Å². The third-order valence-electron chi connectivity index (χ3n) is 10.5. The van der Waals surface area contributed by atoms with Crippen molar-refractivity contribution < 1.29 is 0 Å². The number of allylic oxidation sites excluding steroid dienone is 4. The Morgan fingerprint density at radius 2 is 1.15 bits per heavy atom. The molecular formula is C47H33N. The van der Waals surface area contributed by atoms with Gasteiger partial charge in [-0.1, -0.05) is 146 Å².